The van der Waals surface area contributed by atoms with Crippen LogP contribution in [0.5, 0.6) is 5.75 Å². The third-order valence-corrected chi connectivity index (χ3v) is 4.42. The lowest BCUT2D eigenvalue weighted by Crippen LogP contribution is -2.46. The molecule has 0 saturated carbocycles. The maximum atomic E-state index is 12.2. The van der Waals surface area contributed by atoms with Crippen molar-refractivity contribution in [3.63, 3.8) is 0 Å². The van der Waals surface area contributed by atoms with Gasteiger partial charge in [-0.15, -0.1) is 6.42 Å². The van der Waals surface area contributed by atoms with E-state index in [4.69, 9.17) is 11.2 Å². The molecule has 0 fully saturated rings. The second-order valence-electron chi connectivity index (χ2n) is 5.93. The highest BCUT2D eigenvalue weighted by atomic mass is 79.9. The van der Waals surface area contributed by atoms with E-state index >= 15 is 0 Å². The number of ether oxygens (including phenoxy) is 1. The molecule has 2 N–H and O–H groups in total. The van der Waals surface area contributed by atoms with Gasteiger partial charge in [-0.05, 0) is 36.4 Å². The molecule has 3 amide bonds. The highest BCUT2D eigenvalue weighted by Gasteiger charge is 2.27. The van der Waals surface area contributed by atoms with Gasteiger partial charge in [-0.3, -0.25) is 19.3 Å². The molecule has 1 heterocycles. The van der Waals surface area contributed by atoms with Crippen LogP contribution < -0.4 is 20.3 Å². The molecule has 0 atom stereocenters. The van der Waals surface area contributed by atoms with Crippen molar-refractivity contribution in [2.75, 3.05) is 29.9 Å². The maximum absolute atomic E-state index is 12.2. The van der Waals surface area contributed by atoms with Crippen molar-refractivity contribution in [2.24, 2.45) is 0 Å². The zero-order valence-electron chi connectivity index (χ0n) is 14.7. The molecule has 7 nitrogen and oxygen atoms in total. The zero-order valence-corrected chi connectivity index (χ0v) is 16.3. The molecule has 0 bridgehead atoms. The maximum Gasteiger partial charge on any atom is 0.265 e. The van der Waals surface area contributed by atoms with Gasteiger partial charge >= 0.3 is 0 Å². The van der Waals surface area contributed by atoms with Gasteiger partial charge in [0.1, 0.15) is 12.3 Å². The van der Waals surface area contributed by atoms with E-state index in [2.05, 4.69) is 32.5 Å². The van der Waals surface area contributed by atoms with E-state index in [-0.39, 0.29) is 25.6 Å². The summed E-state index contributed by atoms with van der Waals surface area (Å²) >= 11 is 3.34. The summed E-state index contributed by atoms with van der Waals surface area (Å²) in [4.78, 5) is 37.7. The molecule has 28 heavy (non-hydrogen) atoms. The monoisotopic (exact) mass is 441 g/mol. The Labute approximate surface area is 170 Å². The topological polar surface area (TPSA) is 87.7 Å². The Hall–Kier alpha value is -3.31. The minimum Gasteiger partial charge on any atom is -0.482 e. The van der Waals surface area contributed by atoms with E-state index < -0.39 is 11.8 Å². The van der Waals surface area contributed by atoms with Crippen molar-refractivity contribution in [1.29, 1.82) is 0 Å². The number of anilines is 2. The molecule has 8 heteroatoms. The number of carbonyl (C=O) groups is 3. The summed E-state index contributed by atoms with van der Waals surface area (Å²) in [5.41, 5.74) is 1.68. The molecule has 2 aromatic rings. The van der Waals surface area contributed by atoms with Crippen LogP contribution in [0.25, 0.3) is 0 Å². The number of amides is 3. The molecule has 0 saturated heterocycles. The summed E-state index contributed by atoms with van der Waals surface area (Å²) < 4.78 is 6.18. The highest BCUT2D eigenvalue weighted by molar-refractivity contribution is 9.10. The predicted molar refractivity (Wildman–Crippen MR) is 108 cm³/mol. The van der Waals surface area contributed by atoms with E-state index in [0.29, 0.717) is 22.7 Å². The van der Waals surface area contributed by atoms with Crippen LogP contribution in [-0.4, -0.2) is 37.4 Å². The van der Waals surface area contributed by atoms with Gasteiger partial charge in [-0.1, -0.05) is 27.9 Å². The van der Waals surface area contributed by atoms with Crippen molar-refractivity contribution in [2.45, 2.75) is 0 Å². The fraction of sp³-hybridized carbons (Fsp3) is 0.150. The average Bonchev–Trinajstić information content (AvgIpc) is 2.68. The summed E-state index contributed by atoms with van der Waals surface area (Å²) in [7, 11) is 0. The first-order chi connectivity index (χ1) is 13.5. The van der Waals surface area contributed by atoms with Gasteiger partial charge in [0, 0.05) is 15.7 Å². The Balaban J connectivity index is 1.56. The fourth-order valence-corrected chi connectivity index (χ4v) is 2.96. The first-order valence-electron chi connectivity index (χ1n) is 8.32. The quantitative estimate of drug-likeness (QED) is 0.693. The van der Waals surface area contributed by atoms with Crippen molar-refractivity contribution in [3.8, 4) is 18.1 Å². The van der Waals surface area contributed by atoms with Gasteiger partial charge in [0.05, 0.1) is 12.2 Å². The third kappa shape index (κ3) is 4.69. The Bertz CT molecular complexity index is 984. The highest BCUT2D eigenvalue weighted by Crippen LogP contribution is 2.34. The molecule has 1 aliphatic rings. The van der Waals surface area contributed by atoms with E-state index in [1.54, 1.807) is 42.5 Å². The summed E-state index contributed by atoms with van der Waals surface area (Å²) in [6, 6.07) is 12.0. The van der Waals surface area contributed by atoms with E-state index in [1.165, 1.54) is 4.90 Å². The van der Waals surface area contributed by atoms with E-state index in [9.17, 15) is 14.4 Å². The normalized spacial score (nSPS) is 12.4. The van der Waals surface area contributed by atoms with Crippen molar-refractivity contribution in [3.05, 3.63) is 52.5 Å². The van der Waals surface area contributed by atoms with Gasteiger partial charge in [-0.2, -0.15) is 0 Å². The van der Waals surface area contributed by atoms with Crippen LogP contribution in [0.1, 0.15) is 5.56 Å². The van der Waals surface area contributed by atoms with E-state index in [0.717, 1.165) is 4.47 Å². The minimum absolute atomic E-state index is 0.150. The van der Waals surface area contributed by atoms with Crippen LogP contribution in [0.2, 0.25) is 0 Å². The Morgan fingerprint density at radius 2 is 2.04 bits per heavy atom. The summed E-state index contributed by atoms with van der Waals surface area (Å²) in [6.45, 7) is -0.593. The van der Waals surface area contributed by atoms with Gasteiger partial charge < -0.3 is 15.4 Å². The number of benzene rings is 2. The lowest BCUT2D eigenvalue weighted by molar-refractivity contribution is -0.126. The summed E-state index contributed by atoms with van der Waals surface area (Å²) in [6.07, 6.45) is 5.33. The molecule has 0 aromatic heterocycles. The van der Waals surface area contributed by atoms with Crippen LogP contribution in [0.4, 0.5) is 11.4 Å². The number of nitrogens with zero attached hydrogens (tertiary/aromatic N) is 1. The summed E-state index contributed by atoms with van der Waals surface area (Å²) in [5.74, 6) is 1.79. The SMILES string of the molecule is C#Cc1cccc(NC(=O)CNC(=O)CN2C(=O)COc3cc(Br)ccc32)c1. The van der Waals surface area contributed by atoms with Crippen molar-refractivity contribution < 1.29 is 19.1 Å². The number of fused-ring (bicyclic) bond motifs is 1. The van der Waals surface area contributed by atoms with Crippen LogP contribution in [0.3, 0.4) is 0 Å². The molecule has 1 aliphatic heterocycles. The molecule has 0 aliphatic carbocycles. The molecule has 0 spiro atoms. The van der Waals surface area contributed by atoms with Crippen LogP contribution in [-0.2, 0) is 14.4 Å². The zero-order chi connectivity index (χ0) is 20.1. The number of nitrogens with one attached hydrogen (secondary N) is 2. The first kappa shape index (κ1) is 19.5. The molecular weight excluding hydrogens is 426 g/mol. The van der Waals surface area contributed by atoms with Gasteiger partial charge in [0.2, 0.25) is 11.8 Å². The number of rotatable bonds is 5. The minimum atomic E-state index is -0.461. The second-order valence-corrected chi connectivity index (χ2v) is 6.85. The first-order valence-corrected chi connectivity index (χ1v) is 9.11. The largest absolute Gasteiger partial charge is 0.482 e. The number of terminal acetylenes is 1. The van der Waals surface area contributed by atoms with Gasteiger partial charge in [0.15, 0.2) is 6.61 Å². The molecular formula is C20H16BrN3O4. The lowest BCUT2D eigenvalue weighted by atomic mass is 10.2. The molecule has 0 unspecified atom stereocenters. The number of carbonyl (C=O) groups excluding carboxylic acids is 3. The molecule has 0 radical (unpaired) electrons. The van der Waals surface area contributed by atoms with Crippen molar-refractivity contribution in [1.82, 2.24) is 5.32 Å². The van der Waals surface area contributed by atoms with E-state index in [1.807, 2.05) is 0 Å². The second kappa shape index (κ2) is 8.59. The predicted octanol–water partition coefficient (Wildman–Crippen LogP) is 1.91. The number of halogens is 1. The lowest BCUT2D eigenvalue weighted by Gasteiger charge is -2.28. The average molecular weight is 442 g/mol. The molecule has 2 aromatic carbocycles. The Morgan fingerprint density at radius 1 is 1.21 bits per heavy atom. The van der Waals surface area contributed by atoms with Gasteiger partial charge in [-0.25, -0.2) is 0 Å². The number of hydrogen-bond acceptors (Lipinski definition) is 4. The molecule has 3 rings (SSSR count). The van der Waals surface area contributed by atoms with Crippen LogP contribution >= 0.6 is 15.9 Å². The van der Waals surface area contributed by atoms with Crippen molar-refractivity contribution >= 4 is 45.0 Å². The standard InChI is InChI=1S/C20H16BrN3O4/c1-2-13-4-3-5-15(8-13)23-18(25)10-22-19(26)11-24-16-7-6-14(21)9-17(16)28-12-20(24)27/h1,3-9H,10-12H2,(H,22,26)(H,23,25). The van der Waals surface area contributed by atoms with Crippen LogP contribution in [0.15, 0.2) is 46.9 Å². The van der Waals surface area contributed by atoms with Gasteiger partial charge in [0.25, 0.3) is 5.91 Å². The number of hydrogen-bond donors (Lipinski definition) is 2. The smallest absolute Gasteiger partial charge is 0.265 e. The molecule has 142 valence electrons. The van der Waals surface area contributed by atoms with Crippen LogP contribution in [0, 0.1) is 12.3 Å². The fourth-order valence-electron chi connectivity index (χ4n) is 2.62. The summed E-state index contributed by atoms with van der Waals surface area (Å²) in [5, 5.41) is 5.16. The Morgan fingerprint density at radius 3 is 2.82 bits per heavy atom. The third-order valence-electron chi connectivity index (χ3n) is 3.93. The Kier molecular flexibility index (Phi) is 5.96.